The third kappa shape index (κ3) is 4.24. The molecule has 1 aromatic heterocycles. The summed E-state index contributed by atoms with van der Waals surface area (Å²) in [6.45, 7) is 9.64. The Balaban J connectivity index is 2.01. The molecule has 1 aromatic rings. The van der Waals surface area contributed by atoms with Crippen LogP contribution in [0.2, 0.25) is 0 Å². The second kappa shape index (κ2) is 8.55. The first-order valence-electron chi connectivity index (χ1n) is 10.0. The minimum Gasteiger partial charge on any atom is -0.363 e. The van der Waals surface area contributed by atoms with Crippen LogP contribution < -0.4 is 0 Å². The van der Waals surface area contributed by atoms with E-state index in [2.05, 4.69) is 82.0 Å². The molecule has 0 saturated carbocycles. The third-order valence-corrected chi connectivity index (χ3v) is 5.24. The molecule has 0 atom stereocenters. The lowest BCUT2D eigenvalue weighted by Crippen LogP contribution is -2.24. The van der Waals surface area contributed by atoms with Crippen LogP contribution in [0.4, 0.5) is 0 Å². The van der Waals surface area contributed by atoms with Crippen LogP contribution in [-0.4, -0.2) is 36.4 Å². The zero-order chi connectivity index (χ0) is 20.3. The number of aromatic nitrogens is 1. The number of aryl methyl sites for hydroxylation is 2. The lowest BCUT2D eigenvalue weighted by Gasteiger charge is -2.17. The lowest BCUT2D eigenvalue weighted by molar-refractivity contribution is 0.619. The van der Waals surface area contributed by atoms with Crippen LogP contribution in [0.15, 0.2) is 53.7 Å². The first kappa shape index (κ1) is 20.1. The Labute approximate surface area is 169 Å². The van der Waals surface area contributed by atoms with Crippen molar-refractivity contribution in [3.63, 3.8) is 0 Å². The molecule has 3 nitrogen and oxygen atoms in total. The Morgan fingerprint density at radius 1 is 1.04 bits per heavy atom. The van der Waals surface area contributed by atoms with Gasteiger partial charge in [0.2, 0.25) is 0 Å². The normalized spacial score (nSPS) is 12.0. The molecule has 28 heavy (non-hydrogen) atoms. The van der Waals surface area contributed by atoms with Crippen molar-refractivity contribution in [3.8, 4) is 11.1 Å². The van der Waals surface area contributed by atoms with E-state index in [1.54, 1.807) is 0 Å². The second-order valence-corrected chi connectivity index (χ2v) is 8.02. The van der Waals surface area contributed by atoms with Gasteiger partial charge in [-0.1, -0.05) is 38.1 Å². The van der Waals surface area contributed by atoms with Gasteiger partial charge in [0.15, 0.2) is 0 Å². The van der Waals surface area contributed by atoms with Gasteiger partial charge in [-0.15, -0.1) is 0 Å². The summed E-state index contributed by atoms with van der Waals surface area (Å²) >= 11 is 0. The minimum atomic E-state index is 0.508. The monoisotopic (exact) mass is 373 g/mol. The zero-order valence-electron chi connectivity index (χ0n) is 18.0. The van der Waals surface area contributed by atoms with E-state index in [0.717, 1.165) is 24.5 Å². The molecule has 0 spiro atoms. The number of pyridine rings is 1. The highest BCUT2D eigenvalue weighted by atomic mass is 15.1. The van der Waals surface area contributed by atoms with Gasteiger partial charge in [-0.3, -0.25) is 9.98 Å². The highest BCUT2D eigenvalue weighted by Crippen LogP contribution is 2.36. The topological polar surface area (TPSA) is 28.5 Å². The molecule has 0 aliphatic heterocycles. The smallest absolute Gasteiger partial charge is 0.131 e. The fraction of sp³-hybridized carbons (Fsp3) is 0.360. The summed E-state index contributed by atoms with van der Waals surface area (Å²) in [6.07, 6.45) is 2.69. The first-order chi connectivity index (χ1) is 13.4. The molecule has 2 aliphatic rings. The van der Waals surface area contributed by atoms with Crippen LogP contribution in [0.1, 0.15) is 47.7 Å². The summed E-state index contributed by atoms with van der Waals surface area (Å²) in [6, 6.07) is 15.2. The lowest BCUT2D eigenvalue weighted by atomic mass is 10.00. The van der Waals surface area contributed by atoms with Crippen LogP contribution in [0.3, 0.4) is 0 Å². The highest BCUT2D eigenvalue weighted by molar-refractivity contribution is 6.07. The summed E-state index contributed by atoms with van der Waals surface area (Å²) in [5, 5.41) is 0. The molecule has 0 N–H and O–H groups in total. The zero-order valence-corrected chi connectivity index (χ0v) is 18.0. The molecule has 0 fully saturated rings. The molecular formula is C25H31N3. The molecule has 146 valence electrons. The number of aliphatic imine (C=N–C) groups is 1. The fourth-order valence-corrected chi connectivity index (χ4v) is 3.66. The third-order valence-electron chi connectivity index (χ3n) is 5.24. The number of amidine groups is 1. The van der Waals surface area contributed by atoms with E-state index in [1.807, 2.05) is 18.3 Å². The molecule has 0 radical (unpaired) electrons. The predicted octanol–water partition coefficient (Wildman–Crippen LogP) is 5.48. The number of rotatable bonds is 5. The molecule has 1 heterocycles. The van der Waals surface area contributed by atoms with Gasteiger partial charge < -0.3 is 4.90 Å². The average Bonchev–Trinajstić information content (AvgIpc) is 2.86. The Hall–Kier alpha value is -2.68. The van der Waals surface area contributed by atoms with Crippen molar-refractivity contribution in [1.82, 2.24) is 9.88 Å². The van der Waals surface area contributed by atoms with Gasteiger partial charge in [-0.05, 0) is 65.8 Å². The molecule has 3 rings (SSSR count). The number of hydrogen-bond acceptors (Lipinski definition) is 2. The van der Waals surface area contributed by atoms with Crippen LogP contribution >= 0.6 is 0 Å². The fourth-order valence-electron chi connectivity index (χ4n) is 3.66. The second-order valence-electron chi connectivity index (χ2n) is 8.02. The van der Waals surface area contributed by atoms with Gasteiger partial charge in [0.25, 0.3) is 0 Å². The number of fused-ring (bicyclic) bond motifs is 1. The summed E-state index contributed by atoms with van der Waals surface area (Å²) < 4.78 is 0. The van der Waals surface area contributed by atoms with Crippen molar-refractivity contribution in [2.75, 3.05) is 20.6 Å². The molecule has 2 aliphatic carbocycles. The van der Waals surface area contributed by atoms with Crippen molar-refractivity contribution < 1.29 is 0 Å². The maximum Gasteiger partial charge on any atom is 0.131 e. The standard InChI is InChI=1S/C25H31N3/c1-17(2)20-11-10-18(3)24-22(16-20)19(4)15-23(24)25(28(5)6)27-14-12-21-9-7-8-13-26-21/h7-11,13,15-17H,12,14H2,1-6H3. The van der Waals surface area contributed by atoms with Crippen molar-refractivity contribution in [2.24, 2.45) is 4.99 Å². The maximum atomic E-state index is 4.97. The van der Waals surface area contributed by atoms with Crippen LogP contribution in [0.25, 0.3) is 11.1 Å². The van der Waals surface area contributed by atoms with E-state index >= 15 is 0 Å². The van der Waals surface area contributed by atoms with E-state index in [0.29, 0.717) is 5.92 Å². The molecule has 0 unspecified atom stereocenters. The van der Waals surface area contributed by atoms with Crippen molar-refractivity contribution >= 4 is 5.84 Å². The quantitative estimate of drug-likeness (QED) is 0.438. The van der Waals surface area contributed by atoms with Crippen molar-refractivity contribution in [1.29, 1.82) is 0 Å². The summed E-state index contributed by atoms with van der Waals surface area (Å²) in [5.41, 5.74) is 8.93. The van der Waals surface area contributed by atoms with E-state index in [1.165, 1.54) is 33.4 Å². The van der Waals surface area contributed by atoms with Gasteiger partial charge in [-0.25, -0.2) is 0 Å². The van der Waals surface area contributed by atoms with Crippen molar-refractivity contribution in [2.45, 2.75) is 40.0 Å². The minimum absolute atomic E-state index is 0.508. The van der Waals surface area contributed by atoms with E-state index in [-0.39, 0.29) is 0 Å². The Morgan fingerprint density at radius 3 is 2.46 bits per heavy atom. The van der Waals surface area contributed by atoms with Crippen LogP contribution in [0.5, 0.6) is 0 Å². The van der Waals surface area contributed by atoms with E-state index in [4.69, 9.17) is 4.99 Å². The maximum absolute atomic E-state index is 4.97. The molecule has 0 saturated heterocycles. The van der Waals surface area contributed by atoms with E-state index in [9.17, 15) is 0 Å². The first-order valence-corrected chi connectivity index (χ1v) is 10.0. The molecule has 0 amide bonds. The van der Waals surface area contributed by atoms with Gasteiger partial charge >= 0.3 is 0 Å². The summed E-state index contributed by atoms with van der Waals surface area (Å²) in [7, 11) is 4.15. The molecule has 3 heteroatoms. The highest BCUT2D eigenvalue weighted by Gasteiger charge is 2.20. The van der Waals surface area contributed by atoms with Gasteiger partial charge in [0.1, 0.15) is 5.84 Å². The number of hydrogen-bond donors (Lipinski definition) is 0. The average molecular weight is 374 g/mol. The summed E-state index contributed by atoms with van der Waals surface area (Å²) in [5.74, 6) is 1.54. The Bertz CT molecular complexity index is 940. The molecule has 0 bridgehead atoms. The van der Waals surface area contributed by atoms with Gasteiger partial charge in [0, 0.05) is 44.5 Å². The molecular weight excluding hydrogens is 342 g/mol. The van der Waals surface area contributed by atoms with Crippen molar-refractivity contribution in [3.05, 3.63) is 76.6 Å². The largest absolute Gasteiger partial charge is 0.363 e. The van der Waals surface area contributed by atoms with Crippen LogP contribution in [-0.2, 0) is 6.42 Å². The summed E-state index contributed by atoms with van der Waals surface area (Å²) in [4.78, 5) is 11.5. The Kier molecular flexibility index (Phi) is 6.13. The SMILES string of the molecule is Cc1cc(C(=NCCc2ccccn2)N(C)C)c2c(C)ccc(C(C)C)cc1-2. The van der Waals surface area contributed by atoms with Gasteiger partial charge in [-0.2, -0.15) is 0 Å². The molecule has 0 aromatic carbocycles. The predicted molar refractivity (Wildman–Crippen MR) is 120 cm³/mol. The number of nitrogens with zero attached hydrogens (tertiary/aromatic N) is 3. The Morgan fingerprint density at radius 2 is 1.82 bits per heavy atom. The van der Waals surface area contributed by atoms with E-state index < -0.39 is 0 Å². The van der Waals surface area contributed by atoms with Crippen LogP contribution in [0, 0.1) is 13.8 Å². The van der Waals surface area contributed by atoms with Gasteiger partial charge in [0.05, 0.1) is 0 Å².